The maximum atomic E-state index is 12.8. The minimum absolute atomic E-state index is 0.121. The normalized spacial score (nSPS) is 10.9. The van der Waals surface area contributed by atoms with Gasteiger partial charge in [-0.15, -0.1) is 10.2 Å². The van der Waals surface area contributed by atoms with E-state index >= 15 is 0 Å². The predicted octanol–water partition coefficient (Wildman–Crippen LogP) is 3.82. The van der Waals surface area contributed by atoms with E-state index in [0.29, 0.717) is 28.2 Å². The van der Waals surface area contributed by atoms with Gasteiger partial charge in [0.15, 0.2) is 11.6 Å². The van der Waals surface area contributed by atoms with Crippen molar-refractivity contribution in [2.24, 2.45) is 0 Å². The summed E-state index contributed by atoms with van der Waals surface area (Å²) in [6.07, 6.45) is 0. The molecule has 0 bridgehead atoms. The van der Waals surface area contributed by atoms with Gasteiger partial charge in [0.1, 0.15) is 0 Å². The van der Waals surface area contributed by atoms with Gasteiger partial charge < -0.3 is 5.32 Å². The first-order valence-electron chi connectivity index (χ1n) is 8.50. The Morgan fingerprint density at radius 3 is 2.18 bits per heavy atom. The molecule has 28 heavy (non-hydrogen) atoms. The van der Waals surface area contributed by atoms with Crippen LogP contribution in [0.4, 0.5) is 17.3 Å². The highest BCUT2D eigenvalue weighted by Gasteiger charge is 2.20. The highest BCUT2D eigenvalue weighted by Crippen LogP contribution is 2.24. The van der Waals surface area contributed by atoms with E-state index in [9.17, 15) is 8.42 Å². The Morgan fingerprint density at radius 2 is 1.57 bits per heavy atom. The third-order valence-corrected chi connectivity index (χ3v) is 5.70. The van der Waals surface area contributed by atoms with E-state index in [4.69, 9.17) is 5.26 Å². The molecule has 0 radical (unpaired) electrons. The van der Waals surface area contributed by atoms with E-state index in [0.717, 1.165) is 5.56 Å². The Kier molecular flexibility index (Phi) is 5.29. The summed E-state index contributed by atoms with van der Waals surface area (Å²) < 4.78 is 28.0. The molecule has 142 valence electrons. The van der Waals surface area contributed by atoms with Gasteiger partial charge in [-0.05, 0) is 62.2 Å². The van der Waals surface area contributed by atoms with Crippen LogP contribution in [0.5, 0.6) is 0 Å². The van der Waals surface area contributed by atoms with Gasteiger partial charge in [0.25, 0.3) is 10.0 Å². The average molecular weight is 393 g/mol. The summed E-state index contributed by atoms with van der Waals surface area (Å²) in [7, 11) is -3.78. The van der Waals surface area contributed by atoms with Crippen molar-refractivity contribution >= 4 is 27.3 Å². The van der Waals surface area contributed by atoms with Crippen LogP contribution in [0.2, 0.25) is 0 Å². The maximum absolute atomic E-state index is 12.8. The van der Waals surface area contributed by atoms with Crippen molar-refractivity contribution in [3.05, 3.63) is 70.8 Å². The molecule has 1 heterocycles. The fourth-order valence-electron chi connectivity index (χ4n) is 3.05. The predicted molar refractivity (Wildman–Crippen MR) is 108 cm³/mol. The first-order valence-corrected chi connectivity index (χ1v) is 9.98. The molecule has 0 atom stereocenters. The van der Waals surface area contributed by atoms with Crippen LogP contribution < -0.4 is 10.0 Å². The van der Waals surface area contributed by atoms with Crippen molar-refractivity contribution in [1.82, 2.24) is 10.2 Å². The molecular weight excluding hydrogens is 374 g/mol. The lowest BCUT2D eigenvalue weighted by atomic mass is 10.1. The second-order valence-electron chi connectivity index (χ2n) is 6.45. The van der Waals surface area contributed by atoms with E-state index < -0.39 is 10.0 Å². The van der Waals surface area contributed by atoms with Crippen molar-refractivity contribution in [3.63, 3.8) is 0 Å². The highest BCUT2D eigenvalue weighted by molar-refractivity contribution is 7.92. The van der Waals surface area contributed by atoms with Crippen LogP contribution in [0.15, 0.2) is 53.4 Å². The summed E-state index contributed by atoms with van der Waals surface area (Å²) in [5, 5.41) is 19.9. The molecule has 7 nitrogen and oxygen atoms in total. The van der Waals surface area contributed by atoms with E-state index in [1.165, 1.54) is 6.07 Å². The lowest BCUT2D eigenvalue weighted by molar-refractivity contribution is 0.599. The summed E-state index contributed by atoms with van der Waals surface area (Å²) in [4.78, 5) is 0.246. The number of hydrogen-bond donors (Lipinski definition) is 2. The molecule has 0 saturated carbocycles. The summed E-state index contributed by atoms with van der Waals surface area (Å²) in [5.41, 5.74) is 3.56. The lowest BCUT2D eigenvalue weighted by Crippen LogP contribution is -2.17. The van der Waals surface area contributed by atoms with Crippen LogP contribution in [0.25, 0.3) is 0 Å². The molecule has 2 N–H and O–H groups in total. The Balaban J connectivity index is 1.80. The van der Waals surface area contributed by atoms with Crippen LogP contribution >= 0.6 is 0 Å². The van der Waals surface area contributed by atoms with Crippen LogP contribution in [-0.2, 0) is 10.0 Å². The standard InChI is InChI=1S/C20H19N5O2S/c1-13-9-14(2)20(15(3)10-13)28(26,27)25-19-8-7-18(23-24-19)22-17-6-4-5-16(11-17)12-21/h4-11H,1-3H3,(H,22,23)(H,24,25). The van der Waals surface area contributed by atoms with E-state index in [-0.39, 0.29) is 10.7 Å². The number of benzene rings is 2. The molecule has 0 aliphatic heterocycles. The van der Waals surface area contributed by atoms with Gasteiger partial charge in [-0.3, -0.25) is 4.72 Å². The molecule has 1 aromatic heterocycles. The van der Waals surface area contributed by atoms with Crippen molar-refractivity contribution in [2.45, 2.75) is 25.7 Å². The SMILES string of the molecule is Cc1cc(C)c(S(=O)(=O)Nc2ccc(Nc3cccc(C#N)c3)nn2)c(C)c1. The fourth-order valence-corrected chi connectivity index (χ4v) is 4.50. The molecule has 8 heteroatoms. The summed E-state index contributed by atoms with van der Waals surface area (Å²) in [6, 6.07) is 15.8. The van der Waals surface area contributed by atoms with E-state index in [1.807, 2.05) is 19.1 Å². The molecule has 2 aromatic carbocycles. The number of nitrogens with zero attached hydrogens (tertiary/aromatic N) is 3. The zero-order valence-corrected chi connectivity index (χ0v) is 16.5. The quantitative estimate of drug-likeness (QED) is 0.682. The second-order valence-corrected chi connectivity index (χ2v) is 8.07. The lowest BCUT2D eigenvalue weighted by Gasteiger charge is -2.13. The molecule has 0 saturated heterocycles. The number of rotatable bonds is 5. The Labute approximate surface area is 164 Å². The molecule has 3 aromatic rings. The van der Waals surface area contributed by atoms with Crippen LogP contribution in [-0.4, -0.2) is 18.6 Å². The monoisotopic (exact) mass is 393 g/mol. The molecule has 0 aliphatic rings. The number of sulfonamides is 1. The molecular formula is C20H19N5O2S. The number of nitrogens with one attached hydrogen (secondary N) is 2. The minimum Gasteiger partial charge on any atom is -0.339 e. The zero-order valence-electron chi connectivity index (χ0n) is 15.7. The van der Waals surface area contributed by atoms with E-state index in [2.05, 4.69) is 26.3 Å². The van der Waals surface area contributed by atoms with Gasteiger partial charge in [-0.25, -0.2) is 8.42 Å². The first kappa shape index (κ1) is 19.3. The van der Waals surface area contributed by atoms with Crippen molar-refractivity contribution < 1.29 is 8.42 Å². The Hall–Kier alpha value is -3.44. The first-order chi connectivity index (χ1) is 13.3. The maximum Gasteiger partial charge on any atom is 0.263 e. The van der Waals surface area contributed by atoms with Crippen LogP contribution in [0.3, 0.4) is 0 Å². The molecule has 0 unspecified atom stereocenters. The number of aromatic nitrogens is 2. The molecule has 0 fully saturated rings. The number of aryl methyl sites for hydroxylation is 3. The van der Waals surface area contributed by atoms with Crippen molar-refractivity contribution in [1.29, 1.82) is 5.26 Å². The average Bonchev–Trinajstić information content (AvgIpc) is 2.62. The van der Waals surface area contributed by atoms with Gasteiger partial charge in [-0.1, -0.05) is 23.8 Å². The highest BCUT2D eigenvalue weighted by atomic mass is 32.2. The topological polar surface area (TPSA) is 108 Å². The van der Waals surface area contributed by atoms with Crippen LogP contribution in [0.1, 0.15) is 22.3 Å². The summed E-state index contributed by atoms with van der Waals surface area (Å²) in [5.74, 6) is 0.552. The van der Waals surface area contributed by atoms with Crippen molar-refractivity contribution in [2.75, 3.05) is 10.0 Å². The smallest absolute Gasteiger partial charge is 0.263 e. The third kappa shape index (κ3) is 4.27. The van der Waals surface area contributed by atoms with Gasteiger partial charge in [0, 0.05) is 5.69 Å². The van der Waals surface area contributed by atoms with Crippen LogP contribution in [0, 0.1) is 32.1 Å². The molecule has 0 aliphatic carbocycles. The molecule has 0 spiro atoms. The number of anilines is 3. The van der Waals surface area contributed by atoms with Gasteiger partial charge in [0.2, 0.25) is 0 Å². The summed E-state index contributed by atoms with van der Waals surface area (Å²) >= 11 is 0. The van der Waals surface area contributed by atoms with Gasteiger partial charge in [-0.2, -0.15) is 5.26 Å². The molecule has 0 amide bonds. The Morgan fingerprint density at radius 1 is 0.929 bits per heavy atom. The largest absolute Gasteiger partial charge is 0.339 e. The zero-order chi connectivity index (χ0) is 20.3. The summed E-state index contributed by atoms with van der Waals surface area (Å²) in [6.45, 7) is 5.46. The van der Waals surface area contributed by atoms with Gasteiger partial charge in [0.05, 0.1) is 16.5 Å². The minimum atomic E-state index is -3.78. The number of hydrogen-bond acceptors (Lipinski definition) is 6. The fraction of sp³-hybridized carbons (Fsp3) is 0.150. The number of nitriles is 1. The van der Waals surface area contributed by atoms with Gasteiger partial charge >= 0.3 is 0 Å². The third-order valence-electron chi connectivity index (χ3n) is 4.04. The van der Waals surface area contributed by atoms with Crippen molar-refractivity contribution in [3.8, 4) is 6.07 Å². The second kappa shape index (κ2) is 7.66. The molecule has 3 rings (SSSR count). The Bertz CT molecular complexity index is 1140. The van der Waals surface area contributed by atoms with E-state index in [1.54, 1.807) is 44.2 Å².